The molecule has 0 radical (unpaired) electrons. The van der Waals surface area contributed by atoms with Crippen LogP contribution in [0.5, 0.6) is 5.88 Å². The molecule has 0 saturated carbocycles. The van der Waals surface area contributed by atoms with E-state index in [9.17, 15) is 5.11 Å². The molecule has 128 valence electrons. The van der Waals surface area contributed by atoms with E-state index < -0.39 is 0 Å². The van der Waals surface area contributed by atoms with E-state index in [1.165, 1.54) is 0 Å². The molecule has 1 fully saturated rings. The number of aromatic nitrogens is 3. The molecule has 2 aromatic rings. The summed E-state index contributed by atoms with van der Waals surface area (Å²) in [6, 6.07) is 3.84. The molecule has 0 aromatic carbocycles. The normalized spacial score (nSPS) is 18.7. The summed E-state index contributed by atoms with van der Waals surface area (Å²) >= 11 is 0. The first-order valence-corrected chi connectivity index (χ1v) is 8.33. The van der Waals surface area contributed by atoms with Crippen molar-refractivity contribution < 1.29 is 5.11 Å². The van der Waals surface area contributed by atoms with Crippen molar-refractivity contribution in [3.8, 4) is 5.88 Å². The minimum absolute atomic E-state index is 0.00163. The lowest BCUT2D eigenvalue weighted by atomic mass is 10.1. The predicted octanol–water partition coefficient (Wildman–Crippen LogP) is 2.07. The number of hydrogen-bond acceptors (Lipinski definition) is 6. The third-order valence-corrected chi connectivity index (χ3v) is 4.48. The lowest BCUT2D eigenvalue weighted by Crippen LogP contribution is -2.46. The van der Waals surface area contributed by atoms with E-state index in [-0.39, 0.29) is 5.88 Å². The predicted molar refractivity (Wildman–Crippen MR) is 99.4 cm³/mol. The first-order valence-electron chi connectivity index (χ1n) is 8.33. The van der Waals surface area contributed by atoms with E-state index in [4.69, 9.17) is 0 Å². The number of aliphatic imine (C=N–C) groups is 1. The van der Waals surface area contributed by atoms with Crippen molar-refractivity contribution in [3.63, 3.8) is 0 Å². The summed E-state index contributed by atoms with van der Waals surface area (Å²) in [5, 5.41) is 10.2. The standard InChI is InChI=1S/C18H20N6O/c1-2-6-23-7-9-24(10-8-23)18-21-15(17(25)22-18)11-13-12-20-16-14(13)4-3-5-19-16/h2-5,11-12,25H,1,6-10H2,(H,21,22). The molecule has 0 bridgehead atoms. The second kappa shape index (κ2) is 6.52. The first-order chi connectivity index (χ1) is 12.2. The zero-order valence-electron chi connectivity index (χ0n) is 13.9. The van der Waals surface area contributed by atoms with E-state index in [2.05, 4.69) is 36.3 Å². The smallest absolute Gasteiger partial charge is 0.238 e. The van der Waals surface area contributed by atoms with Crippen LogP contribution in [0.3, 0.4) is 0 Å². The highest BCUT2D eigenvalue weighted by Gasteiger charge is 2.21. The maximum Gasteiger partial charge on any atom is 0.238 e. The van der Waals surface area contributed by atoms with Gasteiger partial charge in [0.1, 0.15) is 5.69 Å². The molecule has 2 aliphatic rings. The van der Waals surface area contributed by atoms with E-state index in [0.717, 1.165) is 43.9 Å². The molecule has 4 heterocycles. The molecule has 2 N–H and O–H groups in total. The van der Waals surface area contributed by atoms with Gasteiger partial charge >= 0.3 is 0 Å². The number of imidazole rings is 1. The third kappa shape index (κ3) is 3.06. The number of aromatic amines is 1. The number of H-pyrrole nitrogens is 1. The van der Waals surface area contributed by atoms with E-state index in [1.807, 2.05) is 24.3 Å². The molecule has 2 aromatic heterocycles. The second-order valence-corrected chi connectivity index (χ2v) is 6.11. The average Bonchev–Trinajstić information content (AvgIpc) is 3.21. The minimum atomic E-state index is 0.00163. The Hall–Kier alpha value is -2.93. The molecule has 0 unspecified atom stereocenters. The molecule has 7 heteroatoms. The SMILES string of the molecule is C=CCN1CCN(c2nc(O)c(C=C3C=Nc4ncccc43)[nH]2)CC1. The number of piperazine rings is 1. The molecular formula is C18H20N6O. The van der Waals surface area contributed by atoms with Crippen molar-refractivity contribution in [2.24, 2.45) is 4.99 Å². The quantitative estimate of drug-likeness (QED) is 0.836. The van der Waals surface area contributed by atoms with Crippen LogP contribution in [0.25, 0.3) is 11.6 Å². The minimum Gasteiger partial charge on any atom is -0.492 e. The maximum atomic E-state index is 10.2. The Labute approximate surface area is 146 Å². The lowest BCUT2D eigenvalue weighted by molar-refractivity contribution is 0.283. The highest BCUT2D eigenvalue weighted by Crippen LogP contribution is 2.32. The Morgan fingerprint density at radius 1 is 1.28 bits per heavy atom. The summed E-state index contributed by atoms with van der Waals surface area (Å²) in [6.07, 6.45) is 7.26. The fourth-order valence-electron chi connectivity index (χ4n) is 3.14. The van der Waals surface area contributed by atoms with Gasteiger partial charge in [-0.2, -0.15) is 4.98 Å². The van der Waals surface area contributed by atoms with Gasteiger partial charge in [-0.25, -0.2) is 9.98 Å². The van der Waals surface area contributed by atoms with Crippen LogP contribution < -0.4 is 4.90 Å². The van der Waals surface area contributed by atoms with Crippen LogP contribution in [0.4, 0.5) is 11.8 Å². The van der Waals surface area contributed by atoms with Crippen LogP contribution in [0.15, 0.2) is 36.0 Å². The third-order valence-electron chi connectivity index (χ3n) is 4.48. The average molecular weight is 336 g/mol. The van der Waals surface area contributed by atoms with Gasteiger partial charge in [0.15, 0.2) is 5.82 Å². The maximum absolute atomic E-state index is 10.2. The monoisotopic (exact) mass is 336 g/mol. The lowest BCUT2D eigenvalue weighted by Gasteiger charge is -2.33. The highest BCUT2D eigenvalue weighted by atomic mass is 16.3. The Bertz CT molecular complexity index is 845. The number of nitrogens with one attached hydrogen (secondary N) is 1. The fourth-order valence-corrected chi connectivity index (χ4v) is 3.14. The van der Waals surface area contributed by atoms with E-state index >= 15 is 0 Å². The molecule has 0 spiro atoms. The number of nitrogens with zero attached hydrogens (tertiary/aromatic N) is 5. The van der Waals surface area contributed by atoms with Crippen LogP contribution in [0.1, 0.15) is 11.3 Å². The van der Waals surface area contributed by atoms with Gasteiger partial charge in [0, 0.05) is 56.3 Å². The number of anilines is 1. The van der Waals surface area contributed by atoms with Crippen molar-refractivity contribution in [2.75, 3.05) is 37.6 Å². The number of hydrogen-bond donors (Lipinski definition) is 2. The van der Waals surface area contributed by atoms with Gasteiger partial charge in [0.05, 0.1) is 0 Å². The van der Waals surface area contributed by atoms with Crippen molar-refractivity contribution in [1.29, 1.82) is 0 Å². The van der Waals surface area contributed by atoms with Gasteiger partial charge in [0.2, 0.25) is 11.8 Å². The molecule has 0 amide bonds. The van der Waals surface area contributed by atoms with Gasteiger partial charge in [-0.05, 0) is 18.2 Å². The van der Waals surface area contributed by atoms with Crippen LogP contribution in [0, 0.1) is 0 Å². The zero-order valence-corrected chi connectivity index (χ0v) is 13.9. The van der Waals surface area contributed by atoms with Crippen molar-refractivity contribution in [3.05, 3.63) is 42.2 Å². The van der Waals surface area contributed by atoms with Gasteiger partial charge in [-0.3, -0.25) is 4.90 Å². The molecule has 0 aliphatic carbocycles. The topological polar surface area (TPSA) is 80.6 Å². The van der Waals surface area contributed by atoms with Gasteiger partial charge in [-0.15, -0.1) is 6.58 Å². The summed E-state index contributed by atoms with van der Waals surface area (Å²) in [5.74, 6) is 1.40. The second-order valence-electron chi connectivity index (χ2n) is 6.11. The van der Waals surface area contributed by atoms with Crippen molar-refractivity contribution in [1.82, 2.24) is 19.9 Å². The van der Waals surface area contributed by atoms with Crippen molar-refractivity contribution >= 4 is 29.6 Å². The van der Waals surface area contributed by atoms with Crippen molar-refractivity contribution in [2.45, 2.75) is 0 Å². The highest BCUT2D eigenvalue weighted by molar-refractivity contribution is 6.20. The Morgan fingerprint density at radius 2 is 2.12 bits per heavy atom. The Morgan fingerprint density at radius 3 is 2.92 bits per heavy atom. The van der Waals surface area contributed by atoms with Gasteiger partial charge in [0.25, 0.3) is 0 Å². The molecular weight excluding hydrogens is 316 g/mol. The number of allylic oxidation sites excluding steroid dienone is 1. The largest absolute Gasteiger partial charge is 0.492 e. The van der Waals surface area contributed by atoms with Crippen LogP contribution in [0.2, 0.25) is 0 Å². The molecule has 2 aliphatic heterocycles. The summed E-state index contributed by atoms with van der Waals surface area (Å²) < 4.78 is 0. The van der Waals surface area contributed by atoms with Gasteiger partial charge in [-0.1, -0.05) is 6.08 Å². The molecule has 1 saturated heterocycles. The number of fused-ring (bicyclic) bond motifs is 1. The number of pyridine rings is 1. The summed E-state index contributed by atoms with van der Waals surface area (Å²) in [4.78, 5) is 20.5. The van der Waals surface area contributed by atoms with E-state index in [0.29, 0.717) is 17.5 Å². The van der Waals surface area contributed by atoms with Crippen LogP contribution >= 0.6 is 0 Å². The van der Waals surface area contributed by atoms with Crippen LogP contribution in [-0.2, 0) is 0 Å². The zero-order chi connectivity index (χ0) is 17.2. The molecule has 7 nitrogen and oxygen atoms in total. The fraction of sp³-hybridized carbons (Fsp3) is 0.278. The van der Waals surface area contributed by atoms with E-state index in [1.54, 1.807) is 12.4 Å². The summed E-state index contributed by atoms with van der Waals surface area (Å²) in [6.45, 7) is 8.33. The number of aromatic hydroxyl groups is 1. The van der Waals surface area contributed by atoms with Crippen LogP contribution in [-0.4, -0.2) is 63.9 Å². The Balaban J connectivity index is 1.53. The molecule has 4 rings (SSSR count). The molecule has 25 heavy (non-hydrogen) atoms. The summed E-state index contributed by atoms with van der Waals surface area (Å²) in [7, 11) is 0. The first kappa shape index (κ1) is 15.6. The summed E-state index contributed by atoms with van der Waals surface area (Å²) in [5.41, 5.74) is 2.45. The Kier molecular flexibility index (Phi) is 4.07. The van der Waals surface area contributed by atoms with Gasteiger partial charge < -0.3 is 15.0 Å². The molecule has 0 atom stereocenters. The number of rotatable bonds is 4.